The van der Waals surface area contributed by atoms with Crippen molar-refractivity contribution < 1.29 is 9.59 Å². The summed E-state index contributed by atoms with van der Waals surface area (Å²) in [5.74, 6) is 0. The number of hydrogen-bond acceptors (Lipinski definition) is 2. The van der Waals surface area contributed by atoms with Gasteiger partial charge in [-0.1, -0.05) is 29.3 Å². The van der Waals surface area contributed by atoms with E-state index in [0.29, 0.717) is 34.4 Å². The predicted octanol–water partition coefficient (Wildman–Crippen LogP) is 4.23. The van der Waals surface area contributed by atoms with E-state index in [2.05, 4.69) is 21.3 Å². The zero-order valence-electron chi connectivity index (χ0n) is 14.5. The summed E-state index contributed by atoms with van der Waals surface area (Å²) < 4.78 is 0. The van der Waals surface area contributed by atoms with E-state index in [9.17, 15) is 9.59 Å². The summed E-state index contributed by atoms with van der Waals surface area (Å²) in [7, 11) is 1.54. The summed E-state index contributed by atoms with van der Waals surface area (Å²) in [6.45, 7) is 2.69. The van der Waals surface area contributed by atoms with E-state index in [1.807, 2.05) is 13.0 Å². The first-order chi connectivity index (χ1) is 12.4. The molecule has 0 saturated heterocycles. The molecule has 138 valence electrons. The van der Waals surface area contributed by atoms with Crippen molar-refractivity contribution in [1.82, 2.24) is 16.0 Å². The van der Waals surface area contributed by atoms with E-state index in [-0.39, 0.29) is 12.1 Å². The number of hydrogen-bond donors (Lipinski definition) is 4. The van der Waals surface area contributed by atoms with Crippen LogP contribution in [0.5, 0.6) is 0 Å². The molecule has 4 N–H and O–H groups in total. The standard InChI is InChI=1S/C18H20Cl2N4O2/c1-3-22-18(26)23-10-11-4-5-12(19)8-14(11)15-9-13(6-7-16(15)20)24-17(25)21-2/h4-9H,3,10H2,1-2H3,(H2,21,24,25)(H2,22,23,26). The average Bonchev–Trinajstić information content (AvgIpc) is 2.62. The van der Waals surface area contributed by atoms with Gasteiger partial charge >= 0.3 is 12.1 Å². The van der Waals surface area contributed by atoms with Gasteiger partial charge in [0.05, 0.1) is 0 Å². The third kappa shape index (κ3) is 5.28. The van der Waals surface area contributed by atoms with Crippen molar-refractivity contribution in [2.24, 2.45) is 0 Å². The quantitative estimate of drug-likeness (QED) is 0.611. The van der Waals surface area contributed by atoms with Crippen LogP contribution in [0.4, 0.5) is 15.3 Å². The molecule has 0 aliphatic rings. The maximum atomic E-state index is 11.7. The first-order valence-corrected chi connectivity index (χ1v) is 8.79. The largest absolute Gasteiger partial charge is 0.341 e. The number of anilines is 1. The Morgan fingerprint density at radius 1 is 0.962 bits per heavy atom. The van der Waals surface area contributed by atoms with Crippen molar-refractivity contribution in [3.05, 3.63) is 52.0 Å². The van der Waals surface area contributed by atoms with Crippen molar-refractivity contribution in [3.63, 3.8) is 0 Å². The molecule has 0 spiro atoms. The Morgan fingerprint density at radius 3 is 2.42 bits per heavy atom. The van der Waals surface area contributed by atoms with Gasteiger partial charge in [0.1, 0.15) is 0 Å². The Kier molecular flexibility index (Phi) is 7.12. The Balaban J connectivity index is 2.37. The van der Waals surface area contributed by atoms with E-state index in [1.165, 1.54) is 7.05 Å². The minimum absolute atomic E-state index is 0.255. The molecule has 2 rings (SSSR count). The fourth-order valence-corrected chi connectivity index (χ4v) is 2.75. The fraction of sp³-hybridized carbons (Fsp3) is 0.222. The van der Waals surface area contributed by atoms with Crippen LogP contribution >= 0.6 is 23.2 Å². The molecule has 0 aliphatic heterocycles. The minimum Gasteiger partial charge on any atom is -0.341 e. The summed E-state index contributed by atoms with van der Waals surface area (Å²) in [6.07, 6.45) is 0. The number of benzene rings is 2. The summed E-state index contributed by atoms with van der Waals surface area (Å²) in [4.78, 5) is 23.2. The first-order valence-electron chi connectivity index (χ1n) is 8.03. The molecule has 0 saturated carbocycles. The molecule has 0 heterocycles. The van der Waals surface area contributed by atoms with Crippen LogP contribution in [0, 0.1) is 0 Å². The van der Waals surface area contributed by atoms with Crippen molar-refractivity contribution in [3.8, 4) is 11.1 Å². The lowest BCUT2D eigenvalue weighted by Crippen LogP contribution is -2.34. The van der Waals surface area contributed by atoms with Crippen LogP contribution in [0.2, 0.25) is 10.0 Å². The van der Waals surface area contributed by atoms with Gasteiger partial charge in [0.15, 0.2) is 0 Å². The molecular weight excluding hydrogens is 375 g/mol. The van der Waals surface area contributed by atoms with Crippen LogP contribution in [0.3, 0.4) is 0 Å². The Hall–Kier alpha value is -2.44. The molecule has 4 amide bonds. The van der Waals surface area contributed by atoms with E-state index in [0.717, 1.165) is 11.1 Å². The molecule has 0 fully saturated rings. The lowest BCUT2D eigenvalue weighted by atomic mass is 9.99. The lowest BCUT2D eigenvalue weighted by Gasteiger charge is -2.14. The Labute approximate surface area is 162 Å². The molecule has 0 aromatic heterocycles. The highest BCUT2D eigenvalue weighted by Gasteiger charge is 2.12. The fourth-order valence-electron chi connectivity index (χ4n) is 2.36. The van der Waals surface area contributed by atoms with Gasteiger partial charge in [-0.15, -0.1) is 0 Å². The number of nitrogens with one attached hydrogen (secondary N) is 4. The summed E-state index contributed by atoms with van der Waals surface area (Å²) in [6, 6.07) is 9.94. The van der Waals surface area contributed by atoms with E-state index < -0.39 is 0 Å². The number of carbonyl (C=O) groups is 2. The maximum absolute atomic E-state index is 11.7. The minimum atomic E-state index is -0.331. The normalized spacial score (nSPS) is 10.2. The smallest absolute Gasteiger partial charge is 0.318 e. The van der Waals surface area contributed by atoms with Crippen molar-refractivity contribution in [2.45, 2.75) is 13.5 Å². The lowest BCUT2D eigenvalue weighted by molar-refractivity contribution is 0.241. The number of carbonyl (C=O) groups excluding carboxylic acids is 2. The summed E-state index contributed by atoms with van der Waals surface area (Å²) in [5.41, 5.74) is 2.92. The van der Waals surface area contributed by atoms with Gasteiger partial charge in [-0.3, -0.25) is 0 Å². The Morgan fingerprint density at radius 2 is 1.73 bits per heavy atom. The SMILES string of the molecule is CCNC(=O)NCc1ccc(Cl)cc1-c1cc(NC(=O)NC)ccc1Cl. The molecule has 26 heavy (non-hydrogen) atoms. The zero-order valence-corrected chi connectivity index (χ0v) is 16.0. The van der Waals surface area contributed by atoms with Crippen LogP contribution in [-0.4, -0.2) is 25.7 Å². The molecule has 0 radical (unpaired) electrons. The van der Waals surface area contributed by atoms with Gasteiger partial charge in [-0.2, -0.15) is 0 Å². The monoisotopic (exact) mass is 394 g/mol. The summed E-state index contributed by atoms with van der Waals surface area (Å²) >= 11 is 12.5. The van der Waals surface area contributed by atoms with Crippen molar-refractivity contribution in [1.29, 1.82) is 0 Å². The van der Waals surface area contributed by atoms with E-state index in [1.54, 1.807) is 30.3 Å². The number of halogens is 2. The van der Waals surface area contributed by atoms with Gasteiger partial charge in [-0.25, -0.2) is 9.59 Å². The number of urea groups is 2. The molecule has 0 atom stereocenters. The average molecular weight is 395 g/mol. The predicted molar refractivity (Wildman–Crippen MR) is 106 cm³/mol. The molecule has 8 heteroatoms. The number of amides is 4. The zero-order chi connectivity index (χ0) is 19.1. The first kappa shape index (κ1) is 19.9. The second-order valence-electron chi connectivity index (χ2n) is 5.41. The van der Waals surface area contributed by atoms with Gasteiger partial charge in [-0.05, 0) is 48.4 Å². The Bertz CT molecular complexity index is 812. The molecule has 0 unspecified atom stereocenters. The highest BCUT2D eigenvalue weighted by Crippen LogP contribution is 2.34. The van der Waals surface area contributed by atoms with Crippen molar-refractivity contribution >= 4 is 41.0 Å². The number of rotatable bonds is 5. The van der Waals surface area contributed by atoms with Gasteiger partial charge in [0, 0.05) is 41.4 Å². The van der Waals surface area contributed by atoms with Crippen LogP contribution in [-0.2, 0) is 6.54 Å². The van der Waals surface area contributed by atoms with Gasteiger partial charge in [0.2, 0.25) is 0 Å². The molecule has 0 bridgehead atoms. The third-order valence-electron chi connectivity index (χ3n) is 3.59. The van der Waals surface area contributed by atoms with Gasteiger partial charge in [0.25, 0.3) is 0 Å². The molecule has 0 aliphatic carbocycles. The topological polar surface area (TPSA) is 82.3 Å². The summed E-state index contributed by atoms with van der Waals surface area (Å²) in [5, 5.41) is 11.7. The van der Waals surface area contributed by atoms with Gasteiger partial charge < -0.3 is 21.3 Å². The highest BCUT2D eigenvalue weighted by atomic mass is 35.5. The van der Waals surface area contributed by atoms with Crippen LogP contribution < -0.4 is 21.3 Å². The second-order valence-corrected chi connectivity index (χ2v) is 6.26. The van der Waals surface area contributed by atoms with Crippen LogP contribution in [0.25, 0.3) is 11.1 Å². The van der Waals surface area contributed by atoms with Crippen molar-refractivity contribution in [2.75, 3.05) is 18.9 Å². The molecule has 2 aromatic carbocycles. The molecule has 2 aromatic rings. The maximum Gasteiger partial charge on any atom is 0.318 e. The second kappa shape index (κ2) is 9.31. The molecule has 6 nitrogen and oxygen atoms in total. The highest BCUT2D eigenvalue weighted by molar-refractivity contribution is 6.34. The van der Waals surface area contributed by atoms with Crippen LogP contribution in [0.1, 0.15) is 12.5 Å². The van der Waals surface area contributed by atoms with E-state index >= 15 is 0 Å². The third-order valence-corrected chi connectivity index (χ3v) is 4.15. The van der Waals surface area contributed by atoms with E-state index in [4.69, 9.17) is 23.2 Å². The molecular formula is C18H20Cl2N4O2. The van der Waals surface area contributed by atoms with Crippen LogP contribution in [0.15, 0.2) is 36.4 Å².